The second-order valence-electron chi connectivity index (χ2n) is 3.75. The molecular formula is C9H17Cl2N2. The Morgan fingerprint density at radius 3 is 2.54 bits per heavy atom. The topological polar surface area (TPSA) is 17.3 Å². The van der Waals surface area contributed by atoms with E-state index in [1.54, 1.807) is 0 Å². The number of halogens is 2. The van der Waals surface area contributed by atoms with E-state index in [0.29, 0.717) is 6.04 Å². The first-order valence-electron chi connectivity index (χ1n) is 4.74. The summed E-state index contributed by atoms with van der Waals surface area (Å²) in [5, 5.41) is 4.25. The molecule has 0 aromatic heterocycles. The third-order valence-corrected chi connectivity index (χ3v) is 3.57. The van der Waals surface area contributed by atoms with Crippen LogP contribution < -0.4 is 5.32 Å². The van der Waals surface area contributed by atoms with E-state index in [0.717, 1.165) is 19.4 Å². The van der Waals surface area contributed by atoms with Crippen molar-refractivity contribution in [2.45, 2.75) is 36.2 Å². The minimum absolute atomic E-state index is 0.0584. The highest BCUT2D eigenvalue weighted by molar-refractivity contribution is 6.30. The van der Waals surface area contributed by atoms with Crippen molar-refractivity contribution in [1.82, 2.24) is 10.2 Å². The molecule has 0 aromatic rings. The molecule has 0 aromatic carbocycles. The van der Waals surface area contributed by atoms with Crippen LogP contribution in [0.3, 0.4) is 0 Å². The molecule has 0 aliphatic carbocycles. The molecule has 77 valence electrons. The quantitative estimate of drug-likeness (QED) is 0.491. The minimum Gasteiger partial charge on any atom is -0.305 e. The smallest absolute Gasteiger partial charge is 0.116 e. The van der Waals surface area contributed by atoms with E-state index >= 15 is 0 Å². The molecule has 0 N–H and O–H groups in total. The van der Waals surface area contributed by atoms with Gasteiger partial charge in [-0.05, 0) is 26.9 Å². The monoisotopic (exact) mass is 223 g/mol. The largest absolute Gasteiger partial charge is 0.305 e. The first-order valence-corrected chi connectivity index (χ1v) is 5.61. The summed E-state index contributed by atoms with van der Waals surface area (Å²) in [5.74, 6) is 0. The Morgan fingerprint density at radius 1 is 1.23 bits per heavy atom. The van der Waals surface area contributed by atoms with Gasteiger partial charge in [0, 0.05) is 12.6 Å². The maximum Gasteiger partial charge on any atom is 0.116 e. The van der Waals surface area contributed by atoms with Crippen LogP contribution in [0.25, 0.3) is 0 Å². The molecule has 0 spiro atoms. The van der Waals surface area contributed by atoms with Crippen molar-refractivity contribution in [3.05, 3.63) is 0 Å². The van der Waals surface area contributed by atoms with Gasteiger partial charge in [0.25, 0.3) is 0 Å². The molecule has 2 unspecified atom stereocenters. The third-order valence-electron chi connectivity index (χ3n) is 2.51. The van der Waals surface area contributed by atoms with Gasteiger partial charge in [0.05, 0.1) is 5.38 Å². The zero-order valence-electron chi connectivity index (χ0n) is 8.21. The van der Waals surface area contributed by atoms with Crippen LogP contribution in [0.15, 0.2) is 0 Å². The van der Waals surface area contributed by atoms with Crippen molar-refractivity contribution in [1.29, 1.82) is 0 Å². The molecule has 1 aliphatic heterocycles. The predicted octanol–water partition coefficient (Wildman–Crippen LogP) is 1.88. The average molecular weight is 224 g/mol. The van der Waals surface area contributed by atoms with Gasteiger partial charge >= 0.3 is 0 Å². The molecule has 2 nitrogen and oxygen atoms in total. The van der Waals surface area contributed by atoms with E-state index in [-0.39, 0.29) is 10.9 Å². The Hall–Kier alpha value is 0.500. The molecule has 1 aliphatic rings. The first kappa shape index (κ1) is 11.6. The zero-order valence-corrected chi connectivity index (χ0v) is 9.72. The van der Waals surface area contributed by atoms with Gasteiger partial charge in [0.1, 0.15) is 5.50 Å². The lowest BCUT2D eigenvalue weighted by Crippen LogP contribution is -2.45. The van der Waals surface area contributed by atoms with Gasteiger partial charge in [-0.1, -0.05) is 6.42 Å². The first-order chi connectivity index (χ1) is 6.13. The van der Waals surface area contributed by atoms with Crippen molar-refractivity contribution in [2.24, 2.45) is 0 Å². The van der Waals surface area contributed by atoms with Gasteiger partial charge in [0.15, 0.2) is 0 Å². The van der Waals surface area contributed by atoms with E-state index in [1.807, 2.05) is 14.1 Å². The van der Waals surface area contributed by atoms with Crippen molar-refractivity contribution in [3.63, 3.8) is 0 Å². The normalized spacial score (nSPS) is 37.2. The highest BCUT2D eigenvalue weighted by atomic mass is 35.5. The lowest BCUT2D eigenvalue weighted by Gasteiger charge is -2.32. The Bertz CT molecular complexity index is 153. The number of rotatable bonds is 1. The zero-order chi connectivity index (χ0) is 9.84. The summed E-state index contributed by atoms with van der Waals surface area (Å²) in [4.78, 5) is 2.15. The van der Waals surface area contributed by atoms with Gasteiger partial charge in [-0.2, -0.15) is 0 Å². The van der Waals surface area contributed by atoms with Crippen molar-refractivity contribution in [3.8, 4) is 0 Å². The summed E-state index contributed by atoms with van der Waals surface area (Å²) in [6, 6.07) is 0.355. The van der Waals surface area contributed by atoms with Crippen LogP contribution in [-0.4, -0.2) is 42.5 Å². The van der Waals surface area contributed by atoms with Gasteiger partial charge in [-0.3, -0.25) is 0 Å². The molecule has 1 saturated heterocycles. The van der Waals surface area contributed by atoms with E-state index in [9.17, 15) is 0 Å². The number of alkyl halides is 2. The Labute approximate surface area is 90.6 Å². The lowest BCUT2D eigenvalue weighted by atomic mass is 10.0. The number of hydrogen-bond acceptors (Lipinski definition) is 1. The summed E-state index contributed by atoms with van der Waals surface area (Å²) >= 11 is 12.3. The van der Waals surface area contributed by atoms with Gasteiger partial charge < -0.3 is 4.90 Å². The molecule has 3 atom stereocenters. The molecular weight excluding hydrogens is 207 g/mol. The fourth-order valence-electron chi connectivity index (χ4n) is 1.67. The third kappa shape index (κ3) is 3.28. The van der Waals surface area contributed by atoms with Gasteiger partial charge in [-0.15, -0.1) is 23.2 Å². The van der Waals surface area contributed by atoms with Crippen LogP contribution in [0, 0.1) is 0 Å². The summed E-state index contributed by atoms with van der Waals surface area (Å²) in [5.41, 5.74) is -0.227. The van der Waals surface area contributed by atoms with Gasteiger partial charge in [0.2, 0.25) is 0 Å². The lowest BCUT2D eigenvalue weighted by molar-refractivity contribution is 0.244. The summed E-state index contributed by atoms with van der Waals surface area (Å²) in [6.45, 7) is 0.859. The van der Waals surface area contributed by atoms with E-state index in [4.69, 9.17) is 23.2 Å². The van der Waals surface area contributed by atoms with Crippen molar-refractivity contribution in [2.75, 3.05) is 20.6 Å². The molecule has 4 heteroatoms. The number of hydrogen-bond donors (Lipinski definition) is 0. The molecule has 0 amide bonds. The highest BCUT2D eigenvalue weighted by Gasteiger charge is 2.29. The van der Waals surface area contributed by atoms with E-state index in [1.165, 1.54) is 6.42 Å². The van der Waals surface area contributed by atoms with Crippen LogP contribution in [0.2, 0.25) is 0 Å². The minimum atomic E-state index is -0.227. The highest BCUT2D eigenvalue weighted by Crippen LogP contribution is 2.22. The fraction of sp³-hybridized carbons (Fsp3) is 1.00. The van der Waals surface area contributed by atoms with Crippen LogP contribution in [-0.2, 0) is 0 Å². The Kier molecular flexibility index (Phi) is 4.81. The van der Waals surface area contributed by atoms with Crippen LogP contribution in [0.5, 0.6) is 0 Å². The second kappa shape index (κ2) is 5.40. The standard InChI is InChI=1S/C9H17Cl2N2/c1-13(2)7-5-3-4-6-12-9(11)8(7)10/h7-9H,3-6H2,1-2H3/t7-,8?,9?/m1/s1. The summed E-state index contributed by atoms with van der Waals surface area (Å²) in [7, 11) is 4.09. The molecule has 1 heterocycles. The van der Waals surface area contributed by atoms with Gasteiger partial charge in [-0.25, -0.2) is 5.32 Å². The molecule has 1 rings (SSSR count). The predicted molar refractivity (Wildman–Crippen MR) is 57.6 cm³/mol. The van der Waals surface area contributed by atoms with Crippen LogP contribution in [0.1, 0.15) is 19.3 Å². The second-order valence-corrected chi connectivity index (χ2v) is 4.70. The maximum atomic E-state index is 6.24. The van der Waals surface area contributed by atoms with Crippen LogP contribution in [0.4, 0.5) is 0 Å². The SMILES string of the molecule is CN(C)[C@@H]1CCCC[N]C(Cl)C1Cl. The number of nitrogens with zero attached hydrogens (tertiary/aromatic N) is 2. The van der Waals surface area contributed by atoms with Crippen molar-refractivity contribution >= 4 is 23.2 Å². The Balaban J connectivity index is 2.56. The molecule has 1 fully saturated rings. The molecule has 0 bridgehead atoms. The van der Waals surface area contributed by atoms with Crippen LogP contribution >= 0.6 is 23.2 Å². The maximum absolute atomic E-state index is 6.24. The molecule has 13 heavy (non-hydrogen) atoms. The fourth-order valence-corrected chi connectivity index (χ4v) is 2.36. The van der Waals surface area contributed by atoms with E-state index < -0.39 is 0 Å². The average Bonchev–Trinajstić information content (AvgIpc) is 2.06. The van der Waals surface area contributed by atoms with E-state index in [2.05, 4.69) is 10.2 Å². The summed E-state index contributed by atoms with van der Waals surface area (Å²) in [6.07, 6.45) is 3.45. The molecule has 1 radical (unpaired) electrons. The summed E-state index contributed by atoms with van der Waals surface area (Å²) < 4.78 is 0. The van der Waals surface area contributed by atoms with Crippen molar-refractivity contribution < 1.29 is 0 Å². The molecule has 0 saturated carbocycles. The Morgan fingerprint density at radius 2 is 1.92 bits per heavy atom.